The van der Waals surface area contributed by atoms with E-state index in [4.69, 9.17) is 10.2 Å². The third-order valence-corrected chi connectivity index (χ3v) is 2.85. The Labute approximate surface area is 102 Å². The molecule has 0 bridgehead atoms. The monoisotopic (exact) mass is 230 g/mol. The Morgan fingerprint density at radius 2 is 2.12 bits per heavy atom. The topological polar surface area (TPSA) is 42.4 Å². The third kappa shape index (κ3) is 2.68. The van der Waals surface area contributed by atoms with Gasteiger partial charge in [0.2, 0.25) is 0 Å². The van der Waals surface area contributed by atoms with Crippen LogP contribution in [0.25, 0.3) is 0 Å². The molecule has 0 unspecified atom stereocenters. The Morgan fingerprint density at radius 1 is 1.29 bits per heavy atom. The number of aryl methyl sites for hydroxylation is 1. The first kappa shape index (κ1) is 11.7. The number of hydrogen-bond acceptors (Lipinski definition) is 3. The van der Waals surface area contributed by atoms with Gasteiger partial charge >= 0.3 is 0 Å². The number of nitrogens with zero attached hydrogens (tertiary/aromatic N) is 1. The zero-order valence-electron chi connectivity index (χ0n) is 10.3. The maximum atomic E-state index is 5.76. The van der Waals surface area contributed by atoms with Crippen LogP contribution in [-0.4, -0.2) is 7.05 Å². The van der Waals surface area contributed by atoms with Crippen LogP contribution < -0.4 is 10.6 Å². The normalized spacial score (nSPS) is 10.5. The van der Waals surface area contributed by atoms with E-state index in [1.54, 1.807) is 6.26 Å². The highest BCUT2D eigenvalue weighted by Gasteiger charge is 2.08. The van der Waals surface area contributed by atoms with E-state index in [1.807, 2.05) is 12.1 Å². The second-order valence-corrected chi connectivity index (χ2v) is 4.27. The molecule has 0 aliphatic carbocycles. The van der Waals surface area contributed by atoms with Gasteiger partial charge in [-0.05, 0) is 36.2 Å². The largest absolute Gasteiger partial charge is 0.467 e. The molecule has 90 valence electrons. The van der Waals surface area contributed by atoms with Crippen molar-refractivity contribution in [2.45, 2.75) is 20.0 Å². The Bertz CT molecular complexity index is 477. The van der Waals surface area contributed by atoms with Gasteiger partial charge in [-0.15, -0.1) is 0 Å². The van der Waals surface area contributed by atoms with E-state index in [1.165, 1.54) is 11.3 Å². The molecule has 1 heterocycles. The first-order valence-corrected chi connectivity index (χ1v) is 5.74. The Hall–Kier alpha value is -1.74. The second-order valence-electron chi connectivity index (χ2n) is 4.27. The molecule has 3 heteroatoms. The van der Waals surface area contributed by atoms with Crippen LogP contribution >= 0.6 is 0 Å². The number of furan rings is 1. The SMILES string of the molecule is Cc1ccc(CN)c(N(C)Cc2ccco2)c1. The summed E-state index contributed by atoms with van der Waals surface area (Å²) in [6.45, 7) is 3.39. The molecule has 2 N–H and O–H groups in total. The predicted molar refractivity (Wildman–Crippen MR) is 69.9 cm³/mol. The molecule has 1 aromatic carbocycles. The fraction of sp³-hybridized carbons (Fsp3) is 0.286. The van der Waals surface area contributed by atoms with Gasteiger partial charge in [-0.1, -0.05) is 12.1 Å². The first-order chi connectivity index (χ1) is 8.20. The van der Waals surface area contributed by atoms with Crippen molar-refractivity contribution < 1.29 is 4.42 Å². The molecule has 0 fully saturated rings. The van der Waals surface area contributed by atoms with Gasteiger partial charge in [0, 0.05) is 19.3 Å². The number of hydrogen-bond donors (Lipinski definition) is 1. The lowest BCUT2D eigenvalue weighted by Crippen LogP contribution is -2.18. The minimum absolute atomic E-state index is 0.554. The van der Waals surface area contributed by atoms with Crippen LogP contribution in [0.1, 0.15) is 16.9 Å². The maximum Gasteiger partial charge on any atom is 0.123 e. The fourth-order valence-electron chi connectivity index (χ4n) is 1.92. The summed E-state index contributed by atoms with van der Waals surface area (Å²) in [5, 5.41) is 0. The predicted octanol–water partition coefficient (Wildman–Crippen LogP) is 2.68. The third-order valence-electron chi connectivity index (χ3n) is 2.85. The highest BCUT2D eigenvalue weighted by molar-refractivity contribution is 5.55. The van der Waals surface area contributed by atoms with Crippen molar-refractivity contribution in [3.63, 3.8) is 0 Å². The van der Waals surface area contributed by atoms with E-state index in [0.717, 1.165) is 17.9 Å². The van der Waals surface area contributed by atoms with Crippen LogP contribution in [0, 0.1) is 6.92 Å². The van der Waals surface area contributed by atoms with Crippen molar-refractivity contribution in [3.05, 3.63) is 53.5 Å². The molecular formula is C14H18N2O. The van der Waals surface area contributed by atoms with E-state index in [2.05, 4.69) is 37.1 Å². The maximum absolute atomic E-state index is 5.76. The molecule has 0 aliphatic rings. The second kappa shape index (κ2) is 5.06. The van der Waals surface area contributed by atoms with Gasteiger partial charge < -0.3 is 15.1 Å². The summed E-state index contributed by atoms with van der Waals surface area (Å²) in [6, 6.07) is 10.2. The van der Waals surface area contributed by atoms with E-state index in [0.29, 0.717) is 6.54 Å². The summed E-state index contributed by atoms with van der Waals surface area (Å²) < 4.78 is 5.36. The molecular weight excluding hydrogens is 212 g/mol. The minimum Gasteiger partial charge on any atom is -0.467 e. The lowest BCUT2D eigenvalue weighted by Gasteiger charge is -2.21. The first-order valence-electron chi connectivity index (χ1n) is 5.74. The average Bonchev–Trinajstić information content (AvgIpc) is 2.81. The van der Waals surface area contributed by atoms with Gasteiger partial charge in [0.15, 0.2) is 0 Å². The molecule has 0 spiro atoms. The highest BCUT2D eigenvalue weighted by atomic mass is 16.3. The summed E-state index contributed by atoms with van der Waals surface area (Å²) in [7, 11) is 2.05. The van der Waals surface area contributed by atoms with Gasteiger partial charge in [0.1, 0.15) is 5.76 Å². The van der Waals surface area contributed by atoms with Crippen molar-refractivity contribution in [1.29, 1.82) is 0 Å². The van der Waals surface area contributed by atoms with Crippen molar-refractivity contribution in [2.75, 3.05) is 11.9 Å². The molecule has 0 aliphatic heterocycles. The summed E-state index contributed by atoms with van der Waals surface area (Å²) in [4.78, 5) is 2.16. The fourth-order valence-corrected chi connectivity index (χ4v) is 1.92. The molecule has 1 aromatic heterocycles. The highest BCUT2D eigenvalue weighted by Crippen LogP contribution is 2.22. The molecule has 0 amide bonds. The number of benzene rings is 1. The van der Waals surface area contributed by atoms with Crippen molar-refractivity contribution in [1.82, 2.24) is 0 Å². The van der Waals surface area contributed by atoms with Crippen LogP contribution in [-0.2, 0) is 13.1 Å². The molecule has 3 nitrogen and oxygen atoms in total. The van der Waals surface area contributed by atoms with Crippen LogP contribution in [0.4, 0.5) is 5.69 Å². The molecule has 2 aromatic rings. The summed E-state index contributed by atoms with van der Waals surface area (Å²) in [5.41, 5.74) is 9.33. The van der Waals surface area contributed by atoms with Crippen LogP contribution in [0.15, 0.2) is 41.0 Å². The Balaban J connectivity index is 2.23. The zero-order chi connectivity index (χ0) is 12.3. The smallest absolute Gasteiger partial charge is 0.123 e. The van der Waals surface area contributed by atoms with E-state index < -0.39 is 0 Å². The van der Waals surface area contributed by atoms with Gasteiger partial charge in [-0.25, -0.2) is 0 Å². The standard InChI is InChI=1S/C14H18N2O/c1-11-5-6-12(9-15)14(8-11)16(2)10-13-4-3-7-17-13/h3-8H,9-10,15H2,1-2H3. The van der Waals surface area contributed by atoms with E-state index >= 15 is 0 Å². The minimum atomic E-state index is 0.554. The summed E-state index contributed by atoms with van der Waals surface area (Å²) in [6.07, 6.45) is 1.70. The van der Waals surface area contributed by atoms with Gasteiger partial charge in [0.25, 0.3) is 0 Å². The lowest BCUT2D eigenvalue weighted by atomic mass is 10.1. The van der Waals surface area contributed by atoms with Crippen molar-refractivity contribution >= 4 is 5.69 Å². The average molecular weight is 230 g/mol. The summed E-state index contributed by atoms with van der Waals surface area (Å²) >= 11 is 0. The number of anilines is 1. The lowest BCUT2D eigenvalue weighted by molar-refractivity contribution is 0.507. The van der Waals surface area contributed by atoms with Crippen LogP contribution in [0.2, 0.25) is 0 Å². The van der Waals surface area contributed by atoms with Gasteiger partial charge in [-0.3, -0.25) is 0 Å². The molecule has 0 saturated carbocycles. The Morgan fingerprint density at radius 3 is 2.76 bits per heavy atom. The number of rotatable bonds is 4. The van der Waals surface area contributed by atoms with Gasteiger partial charge in [-0.2, -0.15) is 0 Å². The quantitative estimate of drug-likeness (QED) is 0.878. The van der Waals surface area contributed by atoms with Crippen molar-refractivity contribution in [3.8, 4) is 0 Å². The molecule has 0 atom stereocenters. The molecule has 17 heavy (non-hydrogen) atoms. The van der Waals surface area contributed by atoms with E-state index in [-0.39, 0.29) is 0 Å². The number of nitrogens with two attached hydrogens (primary N) is 1. The summed E-state index contributed by atoms with van der Waals surface area (Å²) in [5.74, 6) is 0.956. The van der Waals surface area contributed by atoms with Crippen molar-refractivity contribution in [2.24, 2.45) is 5.73 Å². The van der Waals surface area contributed by atoms with Crippen LogP contribution in [0.3, 0.4) is 0 Å². The van der Waals surface area contributed by atoms with Gasteiger partial charge in [0.05, 0.1) is 12.8 Å². The zero-order valence-corrected chi connectivity index (χ0v) is 10.3. The molecule has 0 radical (unpaired) electrons. The molecule has 2 rings (SSSR count). The molecule has 0 saturated heterocycles. The van der Waals surface area contributed by atoms with Crippen LogP contribution in [0.5, 0.6) is 0 Å². The van der Waals surface area contributed by atoms with E-state index in [9.17, 15) is 0 Å². The Kier molecular flexibility index (Phi) is 3.49.